The highest BCUT2D eigenvalue weighted by molar-refractivity contribution is 9.10. The normalized spacial score (nSPS) is 11.6. The number of hydrogen-bond acceptors (Lipinski definition) is 2. The number of hydrogen-bond donors (Lipinski definition) is 1. The molecule has 6 heteroatoms. The van der Waals surface area contributed by atoms with Crippen LogP contribution in [0, 0.1) is 0 Å². The molecule has 108 valence electrons. The van der Waals surface area contributed by atoms with Crippen LogP contribution in [0.15, 0.2) is 34.9 Å². The first kappa shape index (κ1) is 15.1. The van der Waals surface area contributed by atoms with Crippen molar-refractivity contribution in [2.24, 2.45) is 0 Å². The van der Waals surface area contributed by atoms with E-state index in [1.807, 2.05) is 13.8 Å². The second-order valence-corrected chi connectivity index (χ2v) is 5.70. The van der Waals surface area contributed by atoms with Crippen LogP contribution >= 0.6 is 15.9 Å². The van der Waals surface area contributed by atoms with Gasteiger partial charge in [-0.05, 0) is 24.3 Å². The monoisotopic (exact) mass is 343 g/mol. The molecule has 0 fully saturated rings. The molecule has 0 aliphatic rings. The van der Waals surface area contributed by atoms with Gasteiger partial charge in [-0.1, -0.05) is 29.8 Å². The van der Waals surface area contributed by atoms with Crippen LogP contribution in [0.4, 0.5) is 8.78 Å². The Morgan fingerprint density at radius 2 is 1.90 bits per heavy atom. The van der Waals surface area contributed by atoms with Crippen molar-refractivity contribution in [2.75, 3.05) is 0 Å². The van der Waals surface area contributed by atoms with Gasteiger partial charge in [-0.3, -0.25) is 0 Å². The number of aromatic nitrogens is 2. The maximum absolute atomic E-state index is 13.3. The summed E-state index contributed by atoms with van der Waals surface area (Å²) in [7, 11) is 0. The quantitative estimate of drug-likeness (QED) is 0.886. The van der Waals surface area contributed by atoms with Crippen molar-refractivity contribution in [1.29, 1.82) is 0 Å². The fourth-order valence-electron chi connectivity index (χ4n) is 1.86. The minimum absolute atomic E-state index is 0.0551. The highest BCUT2D eigenvalue weighted by Gasteiger charge is 2.20. The summed E-state index contributed by atoms with van der Waals surface area (Å²) in [6.45, 7) is 4.33. The predicted molar refractivity (Wildman–Crippen MR) is 78.2 cm³/mol. The van der Waals surface area contributed by atoms with Crippen molar-refractivity contribution in [3.63, 3.8) is 0 Å². The smallest absolute Gasteiger partial charge is 0.280 e. The average molecular weight is 344 g/mol. The minimum atomic E-state index is -2.56. The highest BCUT2D eigenvalue weighted by Crippen LogP contribution is 2.26. The van der Waals surface area contributed by atoms with Crippen molar-refractivity contribution in [3.05, 3.63) is 46.2 Å². The van der Waals surface area contributed by atoms with Crippen LogP contribution < -0.4 is 5.32 Å². The third kappa shape index (κ3) is 3.43. The largest absolute Gasteiger partial charge is 0.310 e. The molecule has 0 saturated carbocycles. The molecule has 0 radical (unpaired) electrons. The summed E-state index contributed by atoms with van der Waals surface area (Å²) in [6, 6.07) is 7.35. The minimum Gasteiger partial charge on any atom is -0.310 e. The van der Waals surface area contributed by atoms with Crippen LogP contribution in [-0.2, 0) is 6.54 Å². The van der Waals surface area contributed by atoms with Crippen molar-refractivity contribution in [2.45, 2.75) is 32.9 Å². The highest BCUT2D eigenvalue weighted by atomic mass is 79.9. The molecule has 1 N–H and O–H groups in total. The standard InChI is InChI=1S/C14H16BrF2N3/c1-9(2)18-7-10-8-19-20(13(10)14(16)17)12-5-3-11(15)4-6-12/h3-6,8-9,14,18H,7H2,1-2H3. The third-order valence-electron chi connectivity index (χ3n) is 2.86. The van der Waals surface area contributed by atoms with Crippen LogP contribution in [0.5, 0.6) is 0 Å². The first-order valence-corrected chi connectivity index (χ1v) is 7.12. The molecule has 1 aromatic heterocycles. The van der Waals surface area contributed by atoms with Gasteiger partial charge < -0.3 is 5.32 Å². The molecule has 0 spiro atoms. The number of nitrogens with one attached hydrogen (secondary N) is 1. The molecule has 0 bridgehead atoms. The topological polar surface area (TPSA) is 29.9 Å². The van der Waals surface area contributed by atoms with Gasteiger partial charge in [-0.25, -0.2) is 13.5 Å². The van der Waals surface area contributed by atoms with Gasteiger partial charge in [0.1, 0.15) is 5.69 Å². The van der Waals surface area contributed by atoms with Crippen LogP contribution in [0.2, 0.25) is 0 Å². The Hall–Kier alpha value is -1.27. The lowest BCUT2D eigenvalue weighted by molar-refractivity contribution is 0.141. The van der Waals surface area contributed by atoms with E-state index in [1.54, 1.807) is 24.3 Å². The fraction of sp³-hybridized carbons (Fsp3) is 0.357. The zero-order valence-corrected chi connectivity index (χ0v) is 12.9. The van der Waals surface area contributed by atoms with Gasteiger partial charge >= 0.3 is 0 Å². The summed E-state index contributed by atoms with van der Waals surface area (Å²) >= 11 is 3.32. The second-order valence-electron chi connectivity index (χ2n) is 4.78. The summed E-state index contributed by atoms with van der Waals surface area (Å²) in [5.41, 5.74) is 1.09. The number of halogens is 3. The SMILES string of the molecule is CC(C)NCc1cnn(-c2ccc(Br)cc2)c1C(F)F. The lowest BCUT2D eigenvalue weighted by Gasteiger charge is -2.11. The van der Waals surface area contributed by atoms with Crippen molar-refractivity contribution >= 4 is 15.9 Å². The number of alkyl halides is 2. The van der Waals surface area contributed by atoms with Crippen molar-refractivity contribution < 1.29 is 8.78 Å². The zero-order valence-electron chi connectivity index (χ0n) is 11.3. The Morgan fingerprint density at radius 1 is 1.25 bits per heavy atom. The van der Waals surface area contributed by atoms with E-state index in [-0.39, 0.29) is 11.7 Å². The van der Waals surface area contributed by atoms with Crippen LogP contribution in [0.3, 0.4) is 0 Å². The molecule has 2 aromatic rings. The van der Waals surface area contributed by atoms with Crippen molar-refractivity contribution in [1.82, 2.24) is 15.1 Å². The molecular weight excluding hydrogens is 328 g/mol. The van der Waals surface area contributed by atoms with E-state index >= 15 is 0 Å². The molecule has 0 aliphatic carbocycles. The first-order chi connectivity index (χ1) is 9.49. The molecule has 0 saturated heterocycles. The Labute approximate surface area is 125 Å². The van der Waals surface area contributed by atoms with Gasteiger partial charge in [-0.2, -0.15) is 5.10 Å². The molecule has 2 rings (SSSR count). The lowest BCUT2D eigenvalue weighted by atomic mass is 10.2. The van der Waals surface area contributed by atoms with Gasteiger partial charge in [0.05, 0.1) is 11.9 Å². The number of benzene rings is 1. The molecule has 0 aliphatic heterocycles. The van der Waals surface area contributed by atoms with Crippen LogP contribution in [-0.4, -0.2) is 15.8 Å². The average Bonchev–Trinajstić information content (AvgIpc) is 2.81. The van der Waals surface area contributed by atoms with E-state index < -0.39 is 6.43 Å². The summed E-state index contributed by atoms with van der Waals surface area (Å²) in [5, 5.41) is 7.23. The van der Waals surface area contributed by atoms with E-state index in [0.29, 0.717) is 17.8 Å². The molecule has 3 nitrogen and oxygen atoms in total. The maximum Gasteiger partial charge on any atom is 0.280 e. The Morgan fingerprint density at radius 3 is 2.45 bits per heavy atom. The second kappa shape index (κ2) is 6.45. The Kier molecular flexibility index (Phi) is 4.88. The molecular formula is C14H16BrF2N3. The molecule has 20 heavy (non-hydrogen) atoms. The maximum atomic E-state index is 13.3. The van der Waals surface area contributed by atoms with E-state index in [9.17, 15) is 8.78 Å². The number of nitrogens with zero attached hydrogens (tertiary/aromatic N) is 2. The molecule has 1 heterocycles. The van der Waals surface area contributed by atoms with Gasteiger partial charge in [0.15, 0.2) is 0 Å². The number of rotatable bonds is 5. The van der Waals surface area contributed by atoms with Gasteiger partial charge in [0.25, 0.3) is 6.43 Å². The van der Waals surface area contributed by atoms with Crippen molar-refractivity contribution in [3.8, 4) is 5.69 Å². The first-order valence-electron chi connectivity index (χ1n) is 6.33. The van der Waals surface area contributed by atoms with E-state index in [0.717, 1.165) is 4.47 Å². The summed E-state index contributed by atoms with van der Waals surface area (Å²) < 4.78 is 28.8. The summed E-state index contributed by atoms with van der Waals surface area (Å²) in [6.07, 6.45) is -1.07. The van der Waals surface area contributed by atoms with E-state index in [1.165, 1.54) is 10.9 Å². The van der Waals surface area contributed by atoms with Gasteiger partial charge in [0.2, 0.25) is 0 Å². The molecule has 0 atom stereocenters. The Balaban J connectivity index is 2.36. The van der Waals surface area contributed by atoms with E-state index in [4.69, 9.17) is 0 Å². The van der Waals surface area contributed by atoms with E-state index in [2.05, 4.69) is 26.3 Å². The Bertz CT molecular complexity index is 564. The molecule has 1 aromatic carbocycles. The fourth-order valence-corrected chi connectivity index (χ4v) is 2.13. The van der Waals surface area contributed by atoms with Crippen LogP contribution in [0.25, 0.3) is 5.69 Å². The van der Waals surface area contributed by atoms with Crippen LogP contribution in [0.1, 0.15) is 31.5 Å². The zero-order chi connectivity index (χ0) is 14.7. The van der Waals surface area contributed by atoms with Gasteiger partial charge in [-0.15, -0.1) is 0 Å². The predicted octanol–water partition coefficient (Wildman–Crippen LogP) is 4.07. The third-order valence-corrected chi connectivity index (χ3v) is 3.39. The summed E-state index contributed by atoms with van der Waals surface area (Å²) in [5.74, 6) is 0. The molecule has 0 unspecified atom stereocenters. The van der Waals surface area contributed by atoms with Gasteiger partial charge in [0, 0.05) is 22.6 Å². The summed E-state index contributed by atoms with van der Waals surface area (Å²) in [4.78, 5) is 0. The lowest BCUT2D eigenvalue weighted by Crippen LogP contribution is -2.22. The molecule has 0 amide bonds.